The van der Waals surface area contributed by atoms with Crippen molar-refractivity contribution in [2.24, 2.45) is 0 Å². The van der Waals surface area contributed by atoms with Crippen molar-refractivity contribution in [3.8, 4) is 0 Å². The quantitative estimate of drug-likeness (QED) is 0.707. The van der Waals surface area contributed by atoms with E-state index in [9.17, 15) is 13.2 Å². The van der Waals surface area contributed by atoms with Crippen LogP contribution in [0.4, 0.5) is 5.69 Å². The van der Waals surface area contributed by atoms with E-state index in [1.807, 2.05) is 38.1 Å². The summed E-state index contributed by atoms with van der Waals surface area (Å²) >= 11 is 1.09. The van der Waals surface area contributed by atoms with Gasteiger partial charge in [-0.15, -0.1) is 0 Å². The summed E-state index contributed by atoms with van der Waals surface area (Å²) in [7, 11) is -3.67. The number of sulfonamides is 1. The molecule has 0 saturated carbocycles. The molecule has 0 N–H and O–H groups in total. The highest BCUT2D eigenvalue weighted by Crippen LogP contribution is 2.37. The van der Waals surface area contributed by atoms with Crippen molar-refractivity contribution in [3.05, 3.63) is 57.7 Å². The van der Waals surface area contributed by atoms with Crippen molar-refractivity contribution < 1.29 is 8.42 Å². The summed E-state index contributed by atoms with van der Waals surface area (Å²) < 4.78 is 30.4. The summed E-state index contributed by atoms with van der Waals surface area (Å²) in [6.45, 7) is 4.39. The number of aryl methyl sites for hydroxylation is 1. The molecule has 0 aliphatic carbocycles. The second-order valence-corrected chi connectivity index (χ2v) is 9.03. The van der Waals surface area contributed by atoms with Crippen LogP contribution >= 0.6 is 11.3 Å². The minimum Gasteiger partial charge on any atom is -0.299 e. The molecule has 0 radical (unpaired) electrons. The van der Waals surface area contributed by atoms with Gasteiger partial charge in [-0.25, -0.2) is 8.42 Å². The molecule has 25 heavy (non-hydrogen) atoms. The van der Waals surface area contributed by atoms with Gasteiger partial charge in [-0.05, 0) is 50.1 Å². The molecule has 1 atom stereocenters. The van der Waals surface area contributed by atoms with Gasteiger partial charge in [-0.3, -0.25) is 13.7 Å². The maximum atomic E-state index is 13.3. The topological polar surface area (TPSA) is 59.4 Å². The van der Waals surface area contributed by atoms with E-state index < -0.39 is 10.0 Å². The number of hydrogen-bond donors (Lipinski definition) is 0. The smallest absolute Gasteiger partial charge is 0.299 e. The number of nitrogens with zero attached hydrogens (tertiary/aromatic N) is 2. The Morgan fingerprint density at radius 3 is 2.72 bits per heavy atom. The van der Waals surface area contributed by atoms with Crippen molar-refractivity contribution in [1.82, 2.24) is 4.57 Å². The second-order valence-electron chi connectivity index (χ2n) is 6.22. The zero-order valence-corrected chi connectivity index (χ0v) is 15.6. The van der Waals surface area contributed by atoms with E-state index in [0.29, 0.717) is 17.7 Å². The molecule has 1 aliphatic heterocycles. The molecule has 2 heterocycles. The van der Waals surface area contributed by atoms with Crippen molar-refractivity contribution in [2.75, 3.05) is 4.31 Å². The Morgan fingerprint density at radius 2 is 1.96 bits per heavy atom. The first-order chi connectivity index (χ1) is 11.9. The van der Waals surface area contributed by atoms with E-state index in [2.05, 4.69) is 0 Å². The highest BCUT2D eigenvalue weighted by atomic mass is 32.2. The molecule has 7 heteroatoms. The second kappa shape index (κ2) is 5.71. The lowest BCUT2D eigenvalue weighted by Crippen LogP contribution is -2.35. The van der Waals surface area contributed by atoms with Gasteiger partial charge in [0, 0.05) is 12.6 Å². The summed E-state index contributed by atoms with van der Waals surface area (Å²) in [6, 6.07) is 12.4. The molecule has 5 nitrogen and oxygen atoms in total. The molecular formula is C18H18N2O3S2. The monoisotopic (exact) mass is 374 g/mol. The number of para-hydroxylation sites is 1. The molecule has 1 aromatic heterocycles. The minimum absolute atomic E-state index is 0.0630. The Morgan fingerprint density at radius 1 is 1.20 bits per heavy atom. The number of rotatable bonds is 3. The summed E-state index contributed by atoms with van der Waals surface area (Å²) in [4.78, 5) is 12.2. The zero-order chi connectivity index (χ0) is 17.8. The number of aromatic nitrogens is 1. The lowest BCUT2D eigenvalue weighted by Gasteiger charge is -2.24. The summed E-state index contributed by atoms with van der Waals surface area (Å²) in [6.07, 6.45) is 0.706. The van der Waals surface area contributed by atoms with Crippen LogP contribution in [-0.4, -0.2) is 19.0 Å². The SMILES string of the molecule is CCn1c(=O)sc2cc(S(=O)(=O)N3c4ccccc4C[C@@H]3C)ccc21. The Kier molecular flexibility index (Phi) is 3.73. The molecule has 4 rings (SSSR count). The molecule has 0 unspecified atom stereocenters. The van der Waals surface area contributed by atoms with Crippen LogP contribution < -0.4 is 9.18 Å². The molecule has 0 spiro atoms. The van der Waals surface area contributed by atoms with E-state index in [-0.39, 0.29) is 15.8 Å². The van der Waals surface area contributed by atoms with Gasteiger partial charge in [0.2, 0.25) is 0 Å². The first-order valence-electron chi connectivity index (χ1n) is 8.19. The van der Waals surface area contributed by atoms with E-state index >= 15 is 0 Å². The first kappa shape index (κ1) is 16.4. The van der Waals surface area contributed by atoms with Crippen LogP contribution in [0.15, 0.2) is 52.2 Å². The van der Waals surface area contributed by atoms with Crippen LogP contribution in [-0.2, 0) is 23.0 Å². The maximum Gasteiger partial charge on any atom is 0.308 e. The van der Waals surface area contributed by atoms with Crippen LogP contribution in [0.25, 0.3) is 10.2 Å². The molecule has 0 fully saturated rings. The molecular weight excluding hydrogens is 356 g/mol. The molecule has 1 aliphatic rings. The average molecular weight is 374 g/mol. The summed E-state index contributed by atoms with van der Waals surface area (Å²) in [5.41, 5.74) is 2.57. The van der Waals surface area contributed by atoms with Gasteiger partial charge in [0.1, 0.15) is 0 Å². The number of hydrogen-bond acceptors (Lipinski definition) is 4. The highest BCUT2D eigenvalue weighted by Gasteiger charge is 2.36. The van der Waals surface area contributed by atoms with Crippen LogP contribution in [0.2, 0.25) is 0 Å². The van der Waals surface area contributed by atoms with Crippen LogP contribution in [0, 0.1) is 0 Å². The third kappa shape index (κ3) is 2.41. The maximum absolute atomic E-state index is 13.3. The van der Waals surface area contributed by atoms with Crippen molar-refractivity contribution in [1.29, 1.82) is 0 Å². The predicted octanol–water partition coefficient (Wildman–Crippen LogP) is 3.22. The molecule has 0 saturated heterocycles. The van der Waals surface area contributed by atoms with Crippen LogP contribution in [0.1, 0.15) is 19.4 Å². The third-order valence-electron chi connectivity index (χ3n) is 4.66. The minimum atomic E-state index is -3.67. The number of benzene rings is 2. The Hall–Kier alpha value is -2.12. The molecule has 2 aromatic carbocycles. The zero-order valence-electron chi connectivity index (χ0n) is 14.0. The van der Waals surface area contributed by atoms with Gasteiger partial charge in [0.15, 0.2) is 0 Å². The lowest BCUT2D eigenvalue weighted by atomic mass is 10.1. The largest absolute Gasteiger partial charge is 0.308 e. The summed E-state index contributed by atoms with van der Waals surface area (Å²) in [5.74, 6) is 0. The standard InChI is InChI=1S/C18H18N2O3S2/c1-3-19-16-9-8-14(11-17(16)24-18(19)21)25(22,23)20-12(2)10-13-6-4-5-7-15(13)20/h4-9,11-12H,3,10H2,1-2H3/t12-/m0/s1. The van der Waals surface area contributed by atoms with E-state index in [0.717, 1.165) is 28.1 Å². The van der Waals surface area contributed by atoms with Crippen molar-refractivity contribution in [3.63, 3.8) is 0 Å². The first-order valence-corrected chi connectivity index (χ1v) is 10.4. The Balaban J connectivity index is 1.86. The Labute approximate surface area is 150 Å². The lowest BCUT2D eigenvalue weighted by molar-refractivity contribution is 0.584. The van der Waals surface area contributed by atoms with Crippen molar-refractivity contribution in [2.45, 2.75) is 37.8 Å². The molecule has 0 amide bonds. The van der Waals surface area contributed by atoms with Gasteiger partial charge in [-0.1, -0.05) is 29.5 Å². The fourth-order valence-corrected chi connectivity index (χ4v) is 6.31. The average Bonchev–Trinajstić information content (AvgIpc) is 3.08. The van der Waals surface area contributed by atoms with Gasteiger partial charge < -0.3 is 0 Å². The molecule has 0 bridgehead atoms. The highest BCUT2D eigenvalue weighted by molar-refractivity contribution is 7.93. The summed E-state index contributed by atoms with van der Waals surface area (Å²) in [5, 5.41) is 0. The van der Waals surface area contributed by atoms with Gasteiger partial charge in [-0.2, -0.15) is 0 Å². The third-order valence-corrected chi connectivity index (χ3v) is 7.52. The van der Waals surface area contributed by atoms with E-state index in [1.54, 1.807) is 22.8 Å². The van der Waals surface area contributed by atoms with Gasteiger partial charge >= 0.3 is 4.87 Å². The normalized spacial score (nSPS) is 17.2. The fraction of sp³-hybridized carbons (Fsp3) is 0.278. The van der Waals surface area contributed by atoms with Crippen LogP contribution in [0.3, 0.4) is 0 Å². The van der Waals surface area contributed by atoms with E-state index in [4.69, 9.17) is 0 Å². The Bertz CT molecular complexity index is 1130. The molecule has 130 valence electrons. The number of thiazole rings is 1. The predicted molar refractivity (Wildman–Crippen MR) is 101 cm³/mol. The van der Waals surface area contributed by atoms with E-state index in [1.165, 1.54) is 4.31 Å². The number of fused-ring (bicyclic) bond motifs is 2. The van der Waals surface area contributed by atoms with Crippen molar-refractivity contribution >= 4 is 37.3 Å². The molecule has 3 aromatic rings. The van der Waals surface area contributed by atoms with Crippen LogP contribution in [0.5, 0.6) is 0 Å². The van der Waals surface area contributed by atoms with Gasteiger partial charge in [0.25, 0.3) is 10.0 Å². The number of anilines is 1. The van der Waals surface area contributed by atoms with Gasteiger partial charge in [0.05, 0.1) is 20.8 Å². The fourth-order valence-electron chi connectivity index (χ4n) is 3.52.